The van der Waals surface area contributed by atoms with Crippen molar-refractivity contribution in [3.05, 3.63) is 0 Å². The maximum Gasteiger partial charge on any atom is 0.136 e. The maximum absolute atomic E-state index is 11.7. The van der Waals surface area contributed by atoms with Crippen LogP contribution in [-0.4, -0.2) is 5.78 Å². The molecular formula is C11H16O. The lowest BCUT2D eigenvalue weighted by Crippen LogP contribution is -2.33. The second-order valence-corrected chi connectivity index (χ2v) is 4.88. The number of Topliss-reactive ketones (excluding diaryl/α,β-unsaturated/α-hetero) is 1. The Kier molecular flexibility index (Phi) is 1.38. The van der Waals surface area contributed by atoms with Gasteiger partial charge in [0.05, 0.1) is 0 Å². The first-order valence-electron chi connectivity index (χ1n) is 5.39. The molecule has 4 atom stereocenters. The zero-order valence-electron chi connectivity index (χ0n) is 7.46. The molecule has 3 aliphatic carbocycles. The van der Waals surface area contributed by atoms with Gasteiger partial charge < -0.3 is 0 Å². The van der Waals surface area contributed by atoms with Crippen LogP contribution in [0.4, 0.5) is 0 Å². The Morgan fingerprint density at radius 1 is 1.08 bits per heavy atom. The summed E-state index contributed by atoms with van der Waals surface area (Å²) >= 11 is 0. The molecule has 3 aliphatic rings. The minimum absolute atomic E-state index is 0.525. The molecule has 3 rings (SSSR count). The summed E-state index contributed by atoms with van der Waals surface area (Å²) in [4.78, 5) is 11.7. The highest BCUT2D eigenvalue weighted by atomic mass is 16.1. The third kappa shape index (κ3) is 0.884. The van der Waals surface area contributed by atoms with Crippen molar-refractivity contribution in [1.29, 1.82) is 0 Å². The minimum Gasteiger partial charge on any atom is -0.299 e. The molecule has 0 aromatic carbocycles. The summed E-state index contributed by atoms with van der Waals surface area (Å²) in [6, 6.07) is 0. The first-order valence-corrected chi connectivity index (χ1v) is 5.39. The van der Waals surface area contributed by atoms with Crippen LogP contribution >= 0.6 is 0 Å². The summed E-state index contributed by atoms with van der Waals surface area (Å²) in [5, 5.41) is 0. The summed E-state index contributed by atoms with van der Waals surface area (Å²) in [6.45, 7) is 0. The molecule has 0 saturated heterocycles. The Bertz CT molecular complexity index is 221. The number of carbonyl (C=O) groups is 1. The Morgan fingerprint density at radius 3 is 2.83 bits per heavy atom. The summed E-state index contributed by atoms with van der Waals surface area (Å²) in [7, 11) is 0. The summed E-state index contributed by atoms with van der Waals surface area (Å²) < 4.78 is 0. The molecule has 0 aromatic heterocycles. The van der Waals surface area contributed by atoms with Crippen LogP contribution in [0.15, 0.2) is 0 Å². The van der Waals surface area contributed by atoms with E-state index in [0.29, 0.717) is 11.7 Å². The van der Waals surface area contributed by atoms with E-state index in [9.17, 15) is 4.79 Å². The highest BCUT2D eigenvalue weighted by Gasteiger charge is 2.52. The summed E-state index contributed by atoms with van der Waals surface area (Å²) in [6.07, 6.45) is 7.59. The number of fused-ring (bicyclic) bond motifs is 3. The summed E-state index contributed by atoms with van der Waals surface area (Å²) in [5.41, 5.74) is 0. The van der Waals surface area contributed by atoms with Crippen molar-refractivity contribution in [3.63, 3.8) is 0 Å². The van der Waals surface area contributed by atoms with Crippen molar-refractivity contribution in [1.82, 2.24) is 0 Å². The van der Waals surface area contributed by atoms with Gasteiger partial charge in [0.1, 0.15) is 5.78 Å². The zero-order valence-corrected chi connectivity index (χ0v) is 7.46. The van der Waals surface area contributed by atoms with E-state index < -0.39 is 0 Å². The van der Waals surface area contributed by atoms with Crippen LogP contribution < -0.4 is 0 Å². The van der Waals surface area contributed by atoms with Gasteiger partial charge in [0.25, 0.3) is 0 Å². The molecule has 0 bridgehead atoms. The van der Waals surface area contributed by atoms with E-state index in [4.69, 9.17) is 0 Å². The van der Waals surface area contributed by atoms with Gasteiger partial charge in [0.2, 0.25) is 0 Å². The fourth-order valence-electron chi connectivity index (χ4n) is 3.53. The number of rotatable bonds is 0. The second kappa shape index (κ2) is 2.34. The van der Waals surface area contributed by atoms with Crippen molar-refractivity contribution in [3.8, 4) is 0 Å². The monoisotopic (exact) mass is 164 g/mol. The van der Waals surface area contributed by atoms with Gasteiger partial charge in [-0.1, -0.05) is 0 Å². The van der Waals surface area contributed by atoms with Gasteiger partial charge in [-0.05, 0) is 49.9 Å². The minimum atomic E-state index is 0.525. The predicted octanol–water partition coefficient (Wildman–Crippen LogP) is 2.40. The number of hydrogen-bond donors (Lipinski definition) is 0. The first-order chi connectivity index (χ1) is 5.86. The molecule has 0 unspecified atom stereocenters. The molecule has 0 spiro atoms. The van der Waals surface area contributed by atoms with Crippen LogP contribution in [0.5, 0.6) is 0 Å². The van der Waals surface area contributed by atoms with E-state index in [1.165, 1.54) is 32.1 Å². The van der Waals surface area contributed by atoms with Gasteiger partial charge in [-0.25, -0.2) is 0 Å². The quantitative estimate of drug-likeness (QED) is 0.537. The van der Waals surface area contributed by atoms with E-state index >= 15 is 0 Å². The highest BCUT2D eigenvalue weighted by molar-refractivity contribution is 5.82. The van der Waals surface area contributed by atoms with Crippen LogP contribution in [0.25, 0.3) is 0 Å². The lowest BCUT2D eigenvalue weighted by Gasteiger charge is -2.33. The van der Waals surface area contributed by atoms with Gasteiger partial charge in [-0.2, -0.15) is 0 Å². The van der Waals surface area contributed by atoms with Crippen molar-refractivity contribution < 1.29 is 4.79 Å². The molecule has 0 radical (unpaired) electrons. The van der Waals surface area contributed by atoms with E-state index in [0.717, 1.165) is 24.2 Å². The Morgan fingerprint density at radius 2 is 1.92 bits per heavy atom. The molecule has 66 valence electrons. The molecule has 3 fully saturated rings. The van der Waals surface area contributed by atoms with Crippen molar-refractivity contribution in [2.75, 3.05) is 0 Å². The van der Waals surface area contributed by atoms with Crippen LogP contribution in [0.3, 0.4) is 0 Å². The maximum atomic E-state index is 11.7. The average Bonchev–Trinajstić information content (AvgIpc) is 2.82. The predicted molar refractivity (Wildman–Crippen MR) is 46.7 cm³/mol. The average molecular weight is 164 g/mol. The van der Waals surface area contributed by atoms with Crippen molar-refractivity contribution in [2.45, 2.75) is 38.5 Å². The molecule has 0 amide bonds. The van der Waals surface area contributed by atoms with E-state index in [-0.39, 0.29) is 0 Å². The third-order valence-electron chi connectivity index (χ3n) is 4.22. The van der Waals surface area contributed by atoms with Crippen LogP contribution in [-0.2, 0) is 4.79 Å². The molecule has 0 aromatic rings. The normalized spacial score (nSPS) is 51.2. The fraction of sp³-hybridized carbons (Fsp3) is 0.909. The molecule has 0 N–H and O–H groups in total. The number of hydrogen-bond acceptors (Lipinski definition) is 1. The number of carbonyl (C=O) groups excluding carboxylic acids is 1. The van der Waals surface area contributed by atoms with Crippen LogP contribution in [0.2, 0.25) is 0 Å². The van der Waals surface area contributed by atoms with E-state index in [2.05, 4.69) is 0 Å². The van der Waals surface area contributed by atoms with Gasteiger partial charge in [0.15, 0.2) is 0 Å². The Hall–Kier alpha value is -0.330. The Balaban J connectivity index is 1.84. The molecule has 0 aliphatic heterocycles. The lowest BCUT2D eigenvalue weighted by molar-refractivity contribution is -0.128. The molecule has 1 heteroatoms. The SMILES string of the molecule is O=C1CCC[C@@H]2CC[C@H]3C[C@H]3[C@@H]12. The topological polar surface area (TPSA) is 17.1 Å². The van der Waals surface area contributed by atoms with Crippen LogP contribution in [0.1, 0.15) is 38.5 Å². The molecule has 0 heterocycles. The second-order valence-electron chi connectivity index (χ2n) is 4.88. The molecule has 12 heavy (non-hydrogen) atoms. The van der Waals surface area contributed by atoms with Gasteiger partial charge >= 0.3 is 0 Å². The van der Waals surface area contributed by atoms with Crippen molar-refractivity contribution in [2.24, 2.45) is 23.7 Å². The van der Waals surface area contributed by atoms with E-state index in [1.54, 1.807) is 0 Å². The zero-order chi connectivity index (χ0) is 8.13. The van der Waals surface area contributed by atoms with E-state index in [1.807, 2.05) is 0 Å². The fourth-order valence-corrected chi connectivity index (χ4v) is 3.53. The highest BCUT2D eigenvalue weighted by Crippen LogP contribution is 2.57. The van der Waals surface area contributed by atoms with Gasteiger partial charge in [-0.15, -0.1) is 0 Å². The van der Waals surface area contributed by atoms with Gasteiger partial charge in [0, 0.05) is 12.3 Å². The smallest absolute Gasteiger partial charge is 0.136 e. The Labute approximate surface area is 73.5 Å². The number of ketones is 1. The molecule has 3 saturated carbocycles. The van der Waals surface area contributed by atoms with Crippen molar-refractivity contribution >= 4 is 5.78 Å². The standard InChI is InChI=1S/C11H16O/c12-10-3-1-2-7-4-5-8-6-9(8)11(7)10/h7-9,11H,1-6H2/t7-,8+,9-,11+/m1/s1. The first kappa shape index (κ1) is 7.11. The molecular weight excluding hydrogens is 148 g/mol. The largest absolute Gasteiger partial charge is 0.299 e. The summed E-state index contributed by atoms with van der Waals surface area (Å²) in [5.74, 6) is 3.75. The molecule has 1 nitrogen and oxygen atoms in total. The third-order valence-corrected chi connectivity index (χ3v) is 4.22. The van der Waals surface area contributed by atoms with Crippen LogP contribution in [0, 0.1) is 23.7 Å². The van der Waals surface area contributed by atoms with Gasteiger partial charge in [-0.3, -0.25) is 4.79 Å². The lowest BCUT2D eigenvalue weighted by atomic mass is 9.70.